The van der Waals surface area contributed by atoms with Gasteiger partial charge >= 0.3 is 0 Å². The van der Waals surface area contributed by atoms with E-state index in [1.54, 1.807) is 0 Å². The minimum absolute atomic E-state index is 0.655. The third kappa shape index (κ3) is 1.03. The van der Waals surface area contributed by atoms with Gasteiger partial charge in [-0.3, -0.25) is 0 Å². The molecule has 0 atom stereocenters. The third-order valence-electron chi connectivity index (χ3n) is 0.806. The predicted molar refractivity (Wildman–Crippen MR) is 39.8 cm³/mol. The monoisotopic (exact) mass is 214 g/mol. The summed E-state index contributed by atoms with van der Waals surface area (Å²) in [5.74, 6) is 2.71. The van der Waals surface area contributed by atoms with Gasteiger partial charge in [0, 0.05) is 14.9 Å². The maximum Gasteiger partial charge on any atom is 0.0374 e. The molecule has 0 aromatic rings. The van der Waals surface area contributed by atoms with Crippen molar-refractivity contribution in [2.24, 2.45) is 0 Å². The molecule has 0 nitrogen and oxygen atoms in total. The fraction of sp³-hybridized carbons (Fsp3) is 1.00. The van der Waals surface area contributed by atoms with Crippen LogP contribution in [0.2, 0.25) is 0 Å². The molecule has 1 saturated heterocycles. The maximum atomic E-state index is 2.51. The molecule has 0 N–H and O–H groups in total. The standard InChI is InChI=1S/C4H7IS/c1-4(5)2-6-3-4/h2-3H2,1H3. The summed E-state index contributed by atoms with van der Waals surface area (Å²) in [6.45, 7) is 2.30. The molecule has 1 aliphatic rings. The van der Waals surface area contributed by atoms with Crippen molar-refractivity contribution < 1.29 is 0 Å². The molecule has 1 heterocycles. The van der Waals surface area contributed by atoms with Gasteiger partial charge in [-0.25, -0.2) is 0 Å². The Morgan fingerprint density at radius 3 is 2.00 bits per heavy atom. The van der Waals surface area contributed by atoms with E-state index in [1.807, 2.05) is 11.8 Å². The Labute approximate surface area is 56.2 Å². The molecule has 0 aliphatic carbocycles. The quantitative estimate of drug-likeness (QED) is 0.438. The van der Waals surface area contributed by atoms with Crippen molar-refractivity contribution in [3.8, 4) is 0 Å². The molecule has 0 amide bonds. The van der Waals surface area contributed by atoms with Crippen LogP contribution in [0.1, 0.15) is 6.92 Å². The zero-order valence-corrected chi connectivity index (χ0v) is 6.67. The SMILES string of the molecule is CC1(I)CSC1. The fourth-order valence-electron chi connectivity index (χ4n) is 0.383. The number of alkyl halides is 1. The van der Waals surface area contributed by atoms with Crippen molar-refractivity contribution in [1.29, 1.82) is 0 Å². The summed E-state index contributed by atoms with van der Waals surface area (Å²) in [6, 6.07) is 0. The van der Waals surface area contributed by atoms with Gasteiger partial charge in [0.25, 0.3) is 0 Å². The van der Waals surface area contributed by atoms with Crippen LogP contribution in [0.15, 0.2) is 0 Å². The van der Waals surface area contributed by atoms with E-state index in [2.05, 4.69) is 29.5 Å². The van der Waals surface area contributed by atoms with Crippen LogP contribution in [0.25, 0.3) is 0 Å². The number of hydrogen-bond acceptors (Lipinski definition) is 1. The topological polar surface area (TPSA) is 0 Å². The highest BCUT2D eigenvalue weighted by Gasteiger charge is 2.28. The van der Waals surface area contributed by atoms with Crippen LogP contribution in [-0.2, 0) is 0 Å². The number of halogens is 1. The molecule has 0 aromatic carbocycles. The molecule has 0 spiro atoms. The van der Waals surface area contributed by atoms with Gasteiger partial charge < -0.3 is 0 Å². The van der Waals surface area contributed by atoms with E-state index in [1.165, 1.54) is 11.5 Å². The summed E-state index contributed by atoms with van der Waals surface area (Å²) in [6.07, 6.45) is 0. The Bertz CT molecular complexity index is 54.6. The maximum absolute atomic E-state index is 2.51. The molecule has 36 valence electrons. The van der Waals surface area contributed by atoms with E-state index in [0.717, 1.165) is 0 Å². The Kier molecular flexibility index (Phi) is 1.34. The van der Waals surface area contributed by atoms with E-state index in [9.17, 15) is 0 Å². The molecule has 0 radical (unpaired) electrons. The molecular formula is C4H7IS. The zero-order chi connectivity index (χ0) is 4.62. The van der Waals surface area contributed by atoms with Crippen LogP contribution >= 0.6 is 34.4 Å². The van der Waals surface area contributed by atoms with E-state index in [0.29, 0.717) is 3.42 Å². The van der Waals surface area contributed by atoms with Crippen molar-refractivity contribution in [3.05, 3.63) is 0 Å². The average molecular weight is 214 g/mol. The first-order valence-electron chi connectivity index (χ1n) is 1.97. The molecule has 0 saturated carbocycles. The Balaban J connectivity index is 2.31. The van der Waals surface area contributed by atoms with Gasteiger partial charge in [0.15, 0.2) is 0 Å². The lowest BCUT2D eigenvalue weighted by Crippen LogP contribution is -2.31. The lowest BCUT2D eigenvalue weighted by Gasteiger charge is -2.30. The molecule has 1 rings (SSSR count). The first-order valence-corrected chi connectivity index (χ1v) is 4.21. The summed E-state index contributed by atoms with van der Waals surface area (Å²) in [5.41, 5.74) is 0. The molecule has 1 fully saturated rings. The number of rotatable bonds is 0. The van der Waals surface area contributed by atoms with Crippen LogP contribution in [-0.4, -0.2) is 14.9 Å². The third-order valence-corrected chi connectivity index (χ3v) is 4.29. The van der Waals surface area contributed by atoms with Crippen molar-refractivity contribution in [3.63, 3.8) is 0 Å². The minimum atomic E-state index is 0.655. The average Bonchev–Trinajstić information content (AvgIpc) is 1.32. The first-order chi connectivity index (χ1) is 2.71. The van der Waals surface area contributed by atoms with E-state index >= 15 is 0 Å². The zero-order valence-electron chi connectivity index (χ0n) is 3.70. The van der Waals surface area contributed by atoms with Crippen LogP contribution in [0.5, 0.6) is 0 Å². The summed E-state index contributed by atoms with van der Waals surface area (Å²) in [5, 5.41) is 0. The predicted octanol–water partition coefficient (Wildman–Crippen LogP) is 1.93. The van der Waals surface area contributed by atoms with Crippen LogP contribution < -0.4 is 0 Å². The van der Waals surface area contributed by atoms with Gasteiger partial charge in [0.1, 0.15) is 0 Å². The van der Waals surface area contributed by atoms with E-state index in [-0.39, 0.29) is 0 Å². The van der Waals surface area contributed by atoms with Gasteiger partial charge in [-0.15, -0.1) is 0 Å². The molecule has 0 unspecified atom stereocenters. The van der Waals surface area contributed by atoms with Gasteiger partial charge in [-0.1, -0.05) is 22.6 Å². The molecule has 1 aliphatic heterocycles. The summed E-state index contributed by atoms with van der Waals surface area (Å²) < 4.78 is 0.655. The smallest absolute Gasteiger partial charge is 0.0374 e. The Morgan fingerprint density at radius 2 is 2.00 bits per heavy atom. The van der Waals surface area contributed by atoms with Crippen molar-refractivity contribution in [1.82, 2.24) is 0 Å². The molecule has 6 heavy (non-hydrogen) atoms. The highest BCUT2D eigenvalue weighted by molar-refractivity contribution is 14.1. The lowest BCUT2D eigenvalue weighted by atomic mass is 10.2. The molecular weight excluding hydrogens is 207 g/mol. The molecule has 0 aromatic heterocycles. The van der Waals surface area contributed by atoms with Gasteiger partial charge in [-0.05, 0) is 6.92 Å². The first kappa shape index (κ1) is 5.22. The normalized spacial score (nSPS) is 29.0. The fourth-order valence-corrected chi connectivity index (χ4v) is 2.47. The van der Waals surface area contributed by atoms with Gasteiger partial charge in [-0.2, -0.15) is 11.8 Å². The Hall–Kier alpha value is 1.08. The molecule has 2 heteroatoms. The largest absolute Gasteiger partial charge is 0.159 e. The summed E-state index contributed by atoms with van der Waals surface area (Å²) >= 11 is 4.54. The number of thioether (sulfide) groups is 1. The van der Waals surface area contributed by atoms with Crippen molar-refractivity contribution in [2.75, 3.05) is 11.5 Å². The second-order valence-corrected chi connectivity index (χ2v) is 5.50. The number of hydrogen-bond donors (Lipinski definition) is 0. The van der Waals surface area contributed by atoms with E-state index in [4.69, 9.17) is 0 Å². The highest BCUT2D eigenvalue weighted by Crippen LogP contribution is 2.36. The van der Waals surface area contributed by atoms with Crippen LogP contribution in [0.3, 0.4) is 0 Å². The van der Waals surface area contributed by atoms with E-state index < -0.39 is 0 Å². The molecule has 0 bridgehead atoms. The van der Waals surface area contributed by atoms with Crippen molar-refractivity contribution >= 4 is 34.4 Å². The van der Waals surface area contributed by atoms with Crippen molar-refractivity contribution in [2.45, 2.75) is 10.3 Å². The van der Waals surface area contributed by atoms with Crippen LogP contribution in [0.4, 0.5) is 0 Å². The highest BCUT2D eigenvalue weighted by atomic mass is 127. The lowest BCUT2D eigenvalue weighted by molar-refractivity contribution is 0.830. The van der Waals surface area contributed by atoms with Crippen LogP contribution in [0, 0.1) is 0 Å². The summed E-state index contributed by atoms with van der Waals surface area (Å²) in [4.78, 5) is 0. The van der Waals surface area contributed by atoms with Gasteiger partial charge in [0.2, 0.25) is 0 Å². The minimum Gasteiger partial charge on any atom is -0.159 e. The second-order valence-electron chi connectivity index (χ2n) is 1.91. The summed E-state index contributed by atoms with van der Waals surface area (Å²) in [7, 11) is 0. The Morgan fingerprint density at radius 1 is 1.67 bits per heavy atom. The second kappa shape index (κ2) is 1.54. The van der Waals surface area contributed by atoms with Gasteiger partial charge in [0.05, 0.1) is 0 Å².